The molecule has 2 heteroatoms. The number of hydrogen-bond donors (Lipinski definition) is 0. The summed E-state index contributed by atoms with van der Waals surface area (Å²) in [5.74, 6) is 0.411. The van der Waals surface area contributed by atoms with Gasteiger partial charge in [-0.3, -0.25) is 4.99 Å². The van der Waals surface area contributed by atoms with Crippen molar-refractivity contribution in [2.45, 2.75) is 20.0 Å². The van der Waals surface area contributed by atoms with Gasteiger partial charge in [-0.1, -0.05) is 6.92 Å². The third-order valence-corrected chi connectivity index (χ3v) is 1.71. The van der Waals surface area contributed by atoms with Gasteiger partial charge in [0.05, 0.1) is 6.10 Å². The monoisotopic (exact) mass is 139 g/mol. The molecule has 0 saturated carbocycles. The molecule has 56 valence electrons. The number of allylic oxidation sites excluding steroid dienone is 1. The Labute approximate surface area is 61.6 Å². The predicted octanol–water partition coefficient (Wildman–Crippen LogP) is 1.63. The predicted molar refractivity (Wildman–Crippen MR) is 42.2 cm³/mol. The van der Waals surface area contributed by atoms with Crippen molar-refractivity contribution >= 4 is 6.21 Å². The lowest BCUT2D eigenvalue weighted by Crippen LogP contribution is -2.21. The Bertz CT molecular complexity index is 172. The summed E-state index contributed by atoms with van der Waals surface area (Å²) in [5.41, 5.74) is 1.05. The van der Waals surface area contributed by atoms with Crippen LogP contribution < -0.4 is 0 Å². The van der Waals surface area contributed by atoms with Crippen LogP contribution in [-0.4, -0.2) is 19.4 Å². The third kappa shape index (κ3) is 1.45. The van der Waals surface area contributed by atoms with Gasteiger partial charge in [-0.05, 0) is 13.0 Å². The molecule has 0 aromatic carbocycles. The van der Waals surface area contributed by atoms with Gasteiger partial charge >= 0.3 is 0 Å². The molecule has 1 unspecified atom stereocenters. The first-order valence-electron chi connectivity index (χ1n) is 3.49. The van der Waals surface area contributed by atoms with Crippen LogP contribution in [-0.2, 0) is 4.74 Å². The fourth-order valence-corrected chi connectivity index (χ4v) is 1.04. The topological polar surface area (TPSA) is 21.6 Å². The highest BCUT2D eigenvalue weighted by Crippen LogP contribution is 2.14. The number of hydrogen-bond acceptors (Lipinski definition) is 2. The molecule has 0 amide bonds. The minimum Gasteiger partial charge on any atom is -0.377 e. The van der Waals surface area contributed by atoms with Gasteiger partial charge in [-0.2, -0.15) is 0 Å². The minimum atomic E-state index is 0.220. The Balaban J connectivity index is 2.67. The molecule has 1 heterocycles. The van der Waals surface area contributed by atoms with Crippen molar-refractivity contribution < 1.29 is 4.74 Å². The molecular weight excluding hydrogens is 126 g/mol. The van der Waals surface area contributed by atoms with Crippen LogP contribution >= 0.6 is 0 Å². The molecule has 0 spiro atoms. The van der Waals surface area contributed by atoms with Crippen LogP contribution in [0.5, 0.6) is 0 Å². The number of rotatable bonds is 1. The van der Waals surface area contributed by atoms with E-state index in [1.165, 1.54) is 0 Å². The van der Waals surface area contributed by atoms with Crippen LogP contribution in [0.2, 0.25) is 0 Å². The van der Waals surface area contributed by atoms with E-state index in [1.54, 1.807) is 7.11 Å². The standard InChI is InChI=1S/C8H13NO/c1-6-5-9-7(2)4-8(6)10-3/h4-6,8H,1-3H3/t6-,8?/m0/s1. The summed E-state index contributed by atoms with van der Waals surface area (Å²) in [6, 6.07) is 0. The Hall–Kier alpha value is -0.630. The number of nitrogens with zero attached hydrogens (tertiary/aromatic N) is 1. The summed E-state index contributed by atoms with van der Waals surface area (Å²) in [6.45, 7) is 4.08. The van der Waals surface area contributed by atoms with Gasteiger partial charge in [-0.25, -0.2) is 0 Å². The van der Waals surface area contributed by atoms with Crippen LogP contribution in [0.4, 0.5) is 0 Å². The average Bonchev–Trinajstić information content (AvgIpc) is 1.94. The summed E-state index contributed by atoms with van der Waals surface area (Å²) < 4.78 is 5.21. The van der Waals surface area contributed by atoms with Gasteiger partial charge in [0.1, 0.15) is 0 Å². The highest BCUT2D eigenvalue weighted by molar-refractivity contribution is 5.64. The summed E-state index contributed by atoms with van der Waals surface area (Å²) in [5, 5.41) is 0. The molecule has 10 heavy (non-hydrogen) atoms. The lowest BCUT2D eigenvalue weighted by molar-refractivity contribution is 0.118. The molecule has 0 aromatic heterocycles. The van der Waals surface area contributed by atoms with Crippen LogP contribution in [0.25, 0.3) is 0 Å². The van der Waals surface area contributed by atoms with Crippen molar-refractivity contribution in [3.8, 4) is 0 Å². The fourth-order valence-electron chi connectivity index (χ4n) is 1.04. The van der Waals surface area contributed by atoms with Gasteiger partial charge in [0.25, 0.3) is 0 Å². The lowest BCUT2D eigenvalue weighted by Gasteiger charge is -2.19. The second-order valence-corrected chi connectivity index (χ2v) is 2.65. The van der Waals surface area contributed by atoms with E-state index < -0.39 is 0 Å². The smallest absolute Gasteiger partial charge is 0.0847 e. The van der Waals surface area contributed by atoms with Crippen molar-refractivity contribution in [3.63, 3.8) is 0 Å². The first-order chi connectivity index (χ1) is 4.74. The van der Waals surface area contributed by atoms with Gasteiger partial charge < -0.3 is 4.74 Å². The second-order valence-electron chi connectivity index (χ2n) is 2.65. The molecule has 0 bridgehead atoms. The highest BCUT2D eigenvalue weighted by Gasteiger charge is 2.14. The van der Waals surface area contributed by atoms with Gasteiger partial charge in [0.15, 0.2) is 0 Å². The summed E-state index contributed by atoms with van der Waals surface area (Å²) in [4.78, 5) is 4.17. The lowest BCUT2D eigenvalue weighted by atomic mass is 10.0. The number of methoxy groups -OCH3 is 1. The van der Waals surface area contributed by atoms with Gasteiger partial charge in [0, 0.05) is 24.9 Å². The summed E-state index contributed by atoms with van der Waals surface area (Å²) >= 11 is 0. The quantitative estimate of drug-likeness (QED) is 0.541. The first-order valence-corrected chi connectivity index (χ1v) is 3.49. The third-order valence-electron chi connectivity index (χ3n) is 1.71. The van der Waals surface area contributed by atoms with Crippen molar-refractivity contribution in [1.82, 2.24) is 0 Å². The van der Waals surface area contributed by atoms with Gasteiger partial charge in [0.2, 0.25) is 0 Å². The average molecular weight is 139 g/mol. The SMILES string of the molecule is COC1C=C(C)N=C[C@@H]1C. The molecule has 0 aromatic rings. The normalized spacial score (nSPS) is 32.1. The maximum Gasteiger partial charge on any atom is 0.0847 e. The van der Waals surface area contributed by atoms with E-state index in [1.807, 2.05) is 19.2 Å². The molecule has 0 N–H and O–H groups in total. The maximum absolute atomic E-state index is 5.21. The molecule has 1 rings (SSSR count). The molecule has 2 atom stereocenters. The molecular formula is C8H13NO. The molecule has 0 fully saturated rings. The second kappa shape index (κ2) is 2.97. The van der Waals surface area contributed by atoms with E-state index in [2.05, 4.69) is 11.9 Å². The molecule has 2 nitrogen and oxygen atoms in total. The molecule has 0 radical (unpaired) electrons. The first kappa shape index (κ1) is 7.48. The van der Waals surface area contributed by atoms with E-state index in [-0.39, 0.29) is 6.10 Å². The molecule has 0 aliphatic carbocycles. The van der Waals surface area contributed by atoms with E-state index in [4.69, 9.17) is 4.74 Å². The summed E-state index contributed by atoms with van der Waals surface area (Å²) in [7, 11) is 1.73. The molecule has 0 saturated heterocycles. The Morgan fingerprint density at radius 3 is 2.80 bits per heavy atom. The van der Waals surface area contributed by atoms with Crippen molar-refractivity contribution in [3.05, 3.63) is 11.8 Å². The fraction of sp³-hybridized carbons (Fsp3) is 0.625. The zero-order valence-corrected chi connectivity index (χ0v) is 6.66. The Morgan fingerprint density at radius 1 is 1.60 bits per heavy atom. The van der Waals surface area contributed by atoms with E-state index in [0.717, 1.165) is 5.70 Å². The summed E-state index contributed by atoms with van der Waals surface area (Å²) in [6.07, 6.45) is 4.20. The van der Waals surface area contributed by atoms with Crippen molar-refractivity contribution in [2.24, 2.45) is 10.9 Å². The minimum absolute atomic E-state index is 0.220. The Kier molecular flexibility index (Phi) is 2.22. The van der Waals surface area contributed by atoms with E-state index in [0.29, 0.717) is 5.92 Å². The van der Waals surface area contributed by atoms with E-state index >= 15 is 0 Å². The zero-order chi connectivity index (χ0) is 7.56. The van der Waals surface area contributed by atoms with Crippen molar-refractivity contribution in [1.29, 1.82) is 0 Å². The van der Waals surface area contributed by atoms with Crippen LogP contribution in [0, 0.1) is 5.92 Å². The number of ether oxygens (including phenoxy) is 1. The largest absolute Gasteiger partial charge is 0.377 e. The maximum atomic E-state index is 5.21. The van der Waals surface area contributed by atoms with E-state index in [9.17, 15) is 0 Å². The van der Waals surface area contributed by atoms with Crippen LogP contribution in [0.15, 0.2) is 16.8 Å². The highest BCUT2D eigenvalue weighted by atomic mass is 16.5. The Morgan fingerprint density at radius 2 is 2.30 bits per heavy atom. The van der Waals surface area contributed by atoms with Gasteiger partial charge in [-0.15, -0.1) is 0 Å². The van der Waals surface area contributed by atoms with Crippen LogP contribution in [0.3, 0.4) is 0 Å². The van der Waals surface area contributed by atoms with Crippen LogP contribution in [0.1, 0.15) is 13.8 Å². The van der Waals surface area contributed by atoms with Crippen molar-refractivity contribution in [2.75, 3.05) is 7.11 Å². The molecule has 1 aliphatic heterocycles. The molecule has 1 aliphatic rings. The zero-order valence-electron chi connectivity index (χ0n) is 6.66. The number of aliphatic imine (C=N–C) groups is 1.